The van der Waals surface area contributed by atoms with Crippen LogP contribution in [0.3, 0.4) is 0 Å². The lowest BCUT2D eigenvalue weighted by molar-refractivity contribution is 0.0372. The van der Waals surface area contributed by atoms with Gasteiger partial charge in [0, 0.05) is 10.7 Å². The molecule has 1 amide bonds. The Balaban J connectivity index is 2.89. The van der Waals surface area contributed by atoms with Crippen molar-refractivity contribution in [1.29, 1.82) is 0 Å². The van der Waals surface area contributed by atoms with Crippen LogP contribution in [0.4, 0.5) is 0 Å². The van der Waals surface area contributed by atoms with Crippen molar-refractivity contribution in [2.75, 3.05) is 19.8 Å². The Morgan fingerprint density at radius 2 is 1.94 bits per heavy atom. The van der Waals surface area contributed by atoms with Gasteiger partial charge < -0.3 is 20.6 Å². The van der Waals surface area contributed by atoms with Crippen LogP contribution in [-0.2, 0) is 0 Å². The summed E-state index contributed by atoms with van der Waals surface area (Å²) >= 11 is 3.16. The molecule has 0 unspecified atom stereocenters. The topological polar surface area (TPSA) is 103 Å². The normalized spacial score (nSPS) is 11.3. The summed E-state index contributed by atoms with van der Waals surface area (Å²) in [5.74, 6) is -0.588. The van der Waals surface area contributed by atoms with E-state index >= 15 is 0 Å². The largest absolute Gasteiger partial charge is 0.394 e. The van der Waals surface area contributed by atoms with Gasteiger partial charge in [0.15, 0.2) is 0 Å². The molecular formula is C10H13BrN2O4. The average molecular weight is 305 g/mol. The van der Waals surface area contributed by atoms with Crippen molar-refractivity contribution in [3.05, 3.63) is 28.5 Å². The van der Waals surface area contributed by atoms with Gasteiger partial charge in [-0.25, -0.2) is 4.98 Å². The van der Waals surface area contributed by atoms with Crippen LogP contribution in [0.15, 0.2) is 22.8 Å². The maximum absolute atomic E-state index is 11.8. The molecule has 1 aromatic rings. The van der Waals surface area contributed by atoms with Gasteiger partial charge in [-0.3, -0.25) is 4.79 Å². The van der Waals surface area contributed by atoms with Crippen molar-refractivity contribution < 1.29 is 20.1 Å². The molecule has 0 aliphatic heterocycles. The van der Waals surface area contributed by atoms with E-state index in [9.17, 15) is 4.79 Å². The second-order valence-electron chi connectivity index (χ2n) is 3.54. The number of halogens is 1. The van der Waals surface area contributed by atoms with Gasteiger partial charge in [-0.05, 0) is 28.1 Å². The van der Waals surface area contributed by atoms with Crippen molar-refractivity contribution in [1.82, 2.24) is 10.3 Å². The highest BCUT2D eigenvalue weighted by atomic mass is 79.9. The van der Waals surface area contributed by atoms with Crippen LogP contribution in [-0.4, -0.2) is 51.6 Å². The summed E-state index contributed by atoms with van der Waals surface area (Å²) in [7, 11) is 0. The highest BCUT2D eigenvalue weighted by Crippen LogP contribution is 2.14. The Morgan fingerprint density at radius 3 is 2.41 bits per heavy atom. The number of nitrogens with one attached hydrogen (secondary N) is 1. The van der Waals surface area contributed by atoms with E-state index in [1.807, 2.05) is 0 Å². The molecule has 0 aromatic carbocycles. The number of amides is 1. The van der Waals surface area contributed by atoms with Crippen LogP contribution in [0.5, 0.6) is 0 Å². The number of aliphatic hydroxyl groups excluding tert-OH is 3. The molecule has 17 heavy (non-hydrogen) atoms. The molecule has 0 saturated heterocycles. The van der Waals surface area contributed by atoms with E-state index in [-0.39, 0.29) is 5.69 Å². The lowest BCUT2D eigenvalue weighted by Crippen LogP contribution is -2.57. The zero-order valence-corrected chi connectivity index (χ0v) is 10.5. The summed E-state index contributed by atoms with van der Waals surface area (Å²) in [6, 6.07) is 3.29. The summed E-state index contributed by atoms with van der Waals surface area (Å²) in [6.07, 6.45) is 1.44. The monoisotopic (exact) mass is 304 g/mol. The summed E-state index contributed by atoms with van der Waals surface area (Å²) < 4.78 is 0.486. The van der Waals surface area contributed by atoms with Gasteiger partial charge in [0.25, 0.3) is 5.91 Å². The van der Waals surface area contributed by atoms with Gasteiger partial charge in [-0.1, -0.05) is 0 Å². The van der Waals surface area contributed by atoms with Crippen LogP contribution < -0.4 is 5.32 Å². The molecule has 7 heteroatoms. The fourth-order valence-corrected chi connectivity index (χ4v) is 1.56. The van der Waals surface area contributed by atoms with E-state index in [1.165, 1.54) is 6.20 Å². The summed E-state index contributed by atoms with van der Waals surface area (Å²) in [5.41, 5.74) is -1.33. The number of aromatic nitrogens is 1. The molecule has 0 bridgehead atoms. The Labute approximate surface area is 106 Å². The number of nitrogens with zero attached hydrogens (tertiary/aromatic N) is 1. The predicted octanol–water partition coefficient (Wildman–Crippen LogP) is -0.710. The molecular weight excluding hydrogens is 292 g/mol. The SMILES string of the molecule is O=C(NC(CO)(CO)CO)c1ncccc1Br. The molecule has 0 saturated carbocycles. The number of hydrogen-bond acceptors (Lipinski definition) is 5. The smallest absolute Gasteiger partial charge is 0.271 e. The number of carbonyl (C=O) groups is 1. The van der Waals surface area contributed by atoms with E-state index in [4.69, 9.17) is 15.3 Å². The fourth-order valence-electron chi connectivity index (χ4n) is 1.12. The third kappa shape index (κ3) is 3.22. The van der Waals surface area contributed by atoms with Crippen molar-refractivity contribution in [3.63, 3.8) is 0 Å². The standard InChI is InChI=1S/C10H13BrN2O4/c11-7-2-1-3-12-8(7)9(17)13-10(4-14,5-15)6-16/h1-3,14-16H,4-6H2,(H,13,17). The first-order chi connectivity index (χ1) is 8.08. The van der Waals surface area contributed by atoms with Crippen molar-refractivity contribution in [2.24, 2.45) is 0 Å². The molecule has 0 atom stereocenters. The van der Waals surface area contributed by atoms with Gasteiger partial charge in [-0.2, -0.15) is 0 Å². The number of carbonyl (C=O) groups excluding carboxylic acids is 1. The third-order valence-electron chi connectivity index (χ3n) is 2.26. The van der Waals surface area contributed by atoms with Crippen LogP contribution in [0.2, 0.25) is 0 Å². The maximum atomic E-state index is 11.8. The lowest BCUT2D eigenvalue weighted by Gasteiger charge is -2.28. The lowest BCUT2D eigenvalue weighted by atomic mass is 10.0. The van der Waals surface area contributed by atoms with Crippen molar-refractivity contribution >= 4 is 21.8 Å². The van der Waals surface area contributed by atoms with Crippen LogP contribution >= 0.6 is 15.9 Å². The molecule has 0 fully saturated rings. The maximum Gasteiger partial charge on any atom is 0.271 e. The second-order valence-corrected chi connectivity index (χ2v) is 4.40. The van der Waals surface area contributed by atoms with E-state index in [0.717, 1.165) is 0 Å². The third-order valence-corrected chi connectivity index (χ3v) is 2.90. The molecule has 0 aliphatic rings. The Hall–Kier alpha value is -1.02. The highest BCUT2D eigenvalue weighted by molar-refractivity contribution is 9.10. The molecule has 0 radical (unpaired) electrons. The highest BCUT2D eigenvalue weighted by Gasteiger charge is 2.31. The number of aliphatic hydroxyl groups is 3. The fraction of sp³-hybridized carbons (Fsp3) is 0.400. The molecule has 0 spiro atoms. The Morgan fingerprint density at radius 1 is 1.35 bits per heavy atom. The minimum Gasteiger partial charge on any atom is -0.394 e. The number of pyridine rings is 1. The zero-order valence-electron chi connectivity index (χ0n) is 8.93. The number of rotatable bonds is 5. The number of hydrogen-bond donors (Lipinski definition) is 4. The minimum absolute atomic E-state index is 0.118. The van der Waals surface area contributed by atoms with Crippen LogP contribution in [0.25, 0.3) is 0 Å². The second kappa shape index (κ2) is 6.06. The molecule has 0 aliphatic carbocycles. The molecule has 4 N–H and O–H groups in total. The van der Waals surface area contributed by atoms with Gasteiger partial charge in [0.1, 0.15) is 11.2 Å². The first-order valence-electron chi connectivity index (χ1n) is 4.84. The van der Waals surface area contributed by atoms with Crippen molar-refractivity contribution in [3.8, 4) is 0 Å². The van der Waals surface area contributed by atoms with E-state index in [2.05, 4.69) is 26.2 Å². The van der Waals surface area contributed by atoms with Crippen molar-refractivity contribution in [2.45, 2.75) is 5.54 Å². The average Bonchev–Trinajstić information content (AvgIpc) is 2.36. The molecule has 1 rings (SSSR count). The summed E-state index contributed by atoms with van der Waals surface area (Å²) in [4.78, 5) is 15.7. The quantitative estimate of drug-likeness (QED) is 0.575. The molecule has 6 nitrogen and oxygen atoms in total. The van der Waals surface area contributed by atoms with E-state index in [1.54, 1.807) is 12.1 Å². The zero-order chi connectivity index (χ0) is 12.9. The van der Waals surface area contributed by atoms with Gasteiger partial charge in [0.05, 0.1) is 19.8 Å². The van der Waals surface area contributed by atoms with Gasteiger partial charge in [-0.15, -0.1) is 0 Å². The predicted molar refractivity (Wildman–Crippen MR) is 63.4 cm³/mol. The van der Waals surface area contributed by atoms with E-state index in [0.29, 0.717) is 4.47 Å². The van der Waals surface area contributed by atoms with Crippen LogP contribution in [0.1, 0.15) is 10.5 Å². The van der Waals surface area contributed by atoms with E-state index < -0.39 is 31.3 Å². The Bertz CT molecular complexity index is 387. The Kier molecular flexibility index (Phi) is 5.01. The van der Waals surface area contributed by atoms with Gasteiger partial charge in [0.2, 0.25) is 0 Å². The summed E-state index contributed by atoms with van der Waals surface area (Å²) in [6.45, 7) is -1.72. The molecule has 94 valence electrons. The minimum atomic E-state index is -1.45. The molecule has 1 aromatic heterocycles. The van der Waals surface area contributed by atoms with Crippen LogP contribution in [0, 0.1) is 0 Å². The first-order valence-corrected chi connectivity index (χ1v) is 5.63. The first kappa shape index (κ1) is 14.0. The van der Waals surface area contributed by atoms with Gasteiger partial charge >= 0.3 is 0 Å². The molecule has 1 heterocycles. The summed E-state index contributed by atoms with van der Waals surface area (Å²) in [5, 5.41) is 29.6.